The van der Waals surface area contributed by atoms with Gasteiger partial charge in [-0.1, -0.05) is 31.2 Å². The average Bonchev–Trinajstić information content (AvgIpc) is 2.65. The molecule has 0 spiro atoms. The molecule has 1 saturated heterocycles. The number of methoxy groups -OCH3 is 1. The van der Waals surface area contributed by atoms with Crippen LogP contribution in [0.15, 0.2) is 29.3 Å². The topological polar surface area (TPSA) is 58.1 Å². The standard InChI is InChI=1S/C19H32N4O2.HI/c1-3-7-20-19(21-8-11-24-2)22-15-17-5-4-6-18(14-17)16-23-9-12-25-13-10-23;/h4-6,14H,3,7-13,15-16H2,1-2H3,(H2,20,21,22);1H. The lowest BCUT2D eigenvalue weighted by Crippen LogP contribution is -2.39. The molecule has 7 heteroatoms. The molecule has 1 fully saturated rings. The summed E-state index contributed by atoms with van der Waals surface area (Å²) in [6, 6.07) is 8.71. The van der Waals surface area contributed by atoms with Crippen molar-refractivity contribution in [2.45, 2.75) is 26.4 Å². The van der Waals surface area contributed by atoms with Gasteiger partial charge in [0.2, 0.25) is 0 Å². The van der Waals surface area contributed by atoms with Crippen molar-refractivity contribution in [3.8, 4) is 0 Å². The van der Waals surface area contributed by atoms with Gasteiger partial charge in [-0.05, 0) is 17.5 Å². The smallest absolute Gasteiger partial charge is 0.191 e. The van der Waals surface area contributed by atoms with Crippen LogP contribution in [0.5, 0.6) is 0 Å². The summed E-state index contributed by atoms with van der Waals surface area (Å²) >= 11 is 0. The number of hydrogen-bond donors (Lipinski definition) is 2. The highest BCUT2D eigenvalue weighted by atomic mass is 127. The molecule has 148 valence electrons. The SMILES string of the molecule is CCCNC(=NCc1cccc(CN2CCOCC2)c1)NCCOC.I. The number of nitrogens with one attached hydrogen (secondary N) is 2. The van der Waals surface area contributed by atoms with Crippen LogP contribution in [0.4, 0.5) is 0 Å². The van der Waals surface area contributed by atoms with Crippen LogP contribution in [0.1, 0.15) is 24.5 Å². The molecule has 0 aliphatic carbocycles. The van der Waals surface area contributed by atoms with Gasteiger partial charge in [-0.2, -0.15) is 0 Å². The van der Waals surface area contributed by atoms with Crippen molar-refractivity contribution in [3.05, 3.63) is 35.4 Å². The molecule has 1 aromatic carbocycles. The highest BCUT2D eigenvalue weighted by Crippen LogP contribution is 2.10. The van der Waals surface area contributed by atoms with Gasteiger partial charge in [0.15, 0.2) is 5.96 Å². The third-order valence-corrected chi connectivity index (χ3v) is 4.06. The zero-order chi connectivity index (χ0) is 17.7. The minimum Gasteiger partial charge on any atom is -0.383 e. The fourth-order valence-corrected chi connectivity index (χ4v) is 2.70. The molecule has 0 saturated carbocycles. The van der Waals surface area contributed by atoms with Crippen LogP contribution >= 0.6 is 24.0 Å². The first-order valence-corrected chi connectivity index (χ1v) is 9.21. The number of rotatable bonds is 9. The summed E-state index contributed by atoms with van der Waals surface area (Å²) in [4.78, 5) is 7.13. The van der Waals surface area contributed by atoms with Crippen LogP contribution in [0, 0.1) is 0 Å². The van der Waals surface area contributed by atoms with Gasteiger partial charge in [-0.25, -0.2) is 4.99 Å². The van der Waals surface area contributed by atoms with E-state index in [-0.39, 0.29) is 24.0 Å². The Balaban J connectivity index is 0.00000338. The van der Waals surface area contributed by atoms with Gasteiger partial charge >= 0.3 is 0 Å². The van der Waals surface area contributed by atoms with Crippen molar-refractivity contribution in [3.63, 3.8) is 0 Å². The van der Waals surface area contributed by atoms with Crippen molar-refractivity contribution >= 4 is 29.9 Å². The first kappa shape index (κ1) is 23.1. The van der Waals surface area contributed by atoms with Gasteiger partial charge in [-0.3, -0.25) is 4.90 Å². The number of nitrogens with zero attached hydrogens (tertiary/aromatic N) is 2. The van der Waals surface area contributed by atoms with Gasteiger partial charge in [0.1, 0.15) is 0 Å². The fraction of sp³-hybridized carbons (Fsp3) is 0.632. The number of halogens is 1. The molecule has 0 aromatic heterocycles. The molecule has 0 radical (unpaired) electrons. The predicted molar refractivity (Wildman–Crippen MR) is 117 cm³/mol. The van der Waals surface area contributed by atoms with E-state index in [1.54, 1.807) is 7.11 Å². The summed E-state index contributed by atoms with van der Waals surface area (Å²) < 4.78 is 10.5. The van der Waals surface area contributed by atoms with E-state index in [1.165, 1.54) is 11.1 Å². The van der Waals surface area contributed by atoms with E-state index in [2.05, 4.69) is 46.7 Å². The molecule has 1 aliphatic heterocycles. The van der Waals surface area contributed by atoms with Gasteiger partial charge in [0, 0.05) is 39.8 Å². The van der Waals surface area contributed by atoms with Crippen molar-refractivity contribution in [1.29, 1.82) is 0 Å². The Kier molecular flexibility index (Phi) is 12.6. The van der Waals surface area contributed by atoms with Crippen LogP contribution in [-0.4, -0.2) is 64.0 Å². The van der Waals surface area contributed by atoms with Crippen LogP contribution in [0.3, 0.4) is 0 Å². The maximum absolute atomic E-state index is 5.42. The largest absolute Gasteiger partial charge is 0.383 e. The number of aliphatic imine (C=N–C) groups is 1. The van der Waals surface area contributed by atoms with Crippen LogP contribution in [0.25, 0.3) is 0 Å². The summed E-state index contributed by atoms with van der Waals surface area (Å²) in [6.07, 6.45) is 1.07. The van der Waals surface area contributed by atoms with E-state index in [4.69, 9.17) is 14.5 Å². The molecule has 2 N–H and O–H groups in total. The second-order valence-electron chi connectivity index (χ2n) is 6.22. The summed E-state index contributed by atoms with van der Waals surface area (Å²) in [7, 11) is 1.71. The Bertz CT molecular complexity index is 522. The Morgan fingerprint density at radius 3 is 2.65 bits per heavy atom. The molecule has 26 heavy (non-hydrogen) atoms. The lowest BCUT2D eigenvalue weighted by atomic mass is 10.1. The lowest BCUT2D eigenvalue weighted by Gasteiger charge is -2.26. The average molecular weight is 476 g/mol. The van der Waals surface area contributed by atoms with Gasteiger partial charge in [0.25, 0.3) is 0 Å². The zero-order valence-electron chi connectivity index (χ0n) is 16.0. The summed E-state index contributed by atoms with van der Waals surface area (Å²) in [5.74, 6) is 0.845. The Morgan fingerprint density at radius 2 is 1.92 bits per heavy atom. The van der Waals surface area contributed by atoms with E-state index >= 15 is 0 Å². The third kappa shape index (κ3) is 9.16. The molecular formula is C19H33IN4O2. The minimum atomic E-state index is 0. The molecule has 2 rings (SSSR count). The highest BCUT2D eigenvalue weighted by molar-refractivity contribution is 14.0. The monoisotopic (exact) mass is 476 g/mol. The van der Waals surface area contributed by atoms with Gasteiger partial charge in [0.05, 0.1) is 26.4 Å². The normalized spacial score (nSPS) is 15.4. The second-order valence-corrected chi connectivity index (χ2v) is 6.22. The van der Waals surface area contributed by atoms with Crippen molar-refractivity contribution in [2.75, 3.05) is 53.1 Å². The van der Waals surface area contributed by atoms with Crippen LogP contribution in [-0.2, 0) is 22.6 Å². The van der Waals surface area contributed by atoms with E-state index in [0.29, 0.717) is 13.2 Å². The number of benzene rings is 1. The highest BCUT2D eigenvalue weighted by Gasteiger charge is 2.10. The Labute approximate surface area is 174 Å². The van der Waals surface area contributed by atoms with E-state index < -0.39 is 0 Å². The fourth-order valence-electron chi connectivity index (χ4n) is 2.70. The first-order valence-electron chi connectivity index (χ1n) is 9.21. The van der Waals surface area contributed by atoms with Crippen molar-refractivity contribution in [2.24, 2.45) is 4.99 Å². The van der Waals surface area contributed by atoms with Gasteiger partial charge < -0.3 is 20.1 Å². The predicted octanol–water partition coefficient (Wildman–Crippen LogP) is 2.23. The molecule has 1 aromatic rings. The third-order valence-electron chi connectivity index (χ3n) is 4.06. The van der Waals surface area contributed by atoms with Crippen molar-refractivity contribution < 1.29 is 9.47 Å². The number of guanidine groups is 1. The van der Waals surface area contributed by atoms with Crippen LogP contribution < -0.4 is 10.6 Å². The minimum absolute atomic E-state index is 0. The second kappa shape index (κ2) is 14.2. The van der Waals surface area contributed by atoms with Crippen LogP contribution in [0.2, 0.25) is 0 Å². The zero-order valence-corrected chi connectivity index (χ0v) is 18.3. The molecule has 1 heterocycles. The maximum Gasteiger partial charge on any atom is 0.191 e. The molecule has 1 aliphatic rings. The van der Waals surface area contributed by atoms with E-state index in [1.807, 2.05) is 0 Å². The molecule has 6 nitrogen and oxygen atoms in total. The summed E-state index contributed by atoms with van der Waals surface area (Å²) in [5, 5.41) is 6.64. The maximum atomic E-state index is 5.42. The molecule has 0 amide bonds. The molecule has 0 atom stereocenters. The van der Waals surface area contributed by atoms with Gasteiger partial charge in [-0.15, -0.1) is 24.0 Å². The lowest BCUT2D eigenvalue weighted by molar-refractivity contribution is 0.0342. The summed E-state index contributed by atoms with van der Waals surface area (Å²) in [5.41, 5.74) is 2.57. The quantitative estimate of drug-likeness (QED) is 0.248. The Morgan fingerprint density at radius 1 is 1.19 bits per heavy atom. The molecular weight excluding hydrogens is 443 g/mol. The molecule has 0 unspecified atom stereocenters. The van der Waals surface area contributed by atoms with E-state index in [0.717, 1.165) is 58.3 Å². The number of morpholine rings is 1. The summed E-state index contributed by atoms with van der Waals surface area (Å²) in [6.45, 7) is 9.83. The molecule has 0 bridgehead atoms. The number of hydrogen-bond acceptors (Lipinski definition) is 4. The number of ether oxygens (including phenoxy) is 2. The Hall–Kier alpha value is -0.900. The van der Waals surface area contributed by atoms with Crippen molar-refractivity contribution in [1.82, 2.24) is 15.5 Å². The van der Waals surface area contributed by atoms with E-state index in [9.17, 15) is 0 Å². The first-order chi connectivity index (χ1) is 12.3.